The lowest BCUT2D eigenvalue weighted by Gasteiger charge is -2.11. The summed E-state index contributed by atoms with van der Waals surface area (Å²) in [6.07, 6.45) is 2.61. The largest absolute Gasteiger partial charge is 0.303 e. The normalized spacial score (nSPS) is 15.2. The first-order valence-electron chi connectivity index (χ1n) is 6.29. The quantitative estimate of drug-likeness (QED) is 0.764. The summed E-state index contributed by atoms with van der Waals surface area (Å²) >= 11 is 0. The predicted molar refractivity (Wildman–Crippen MR) is 69.8 cm³/mol. The maximum atomic E-state index is 4.82. The molecule has 3 rings (SSSR count). The molecule has 2 heteroatoms. The second-order valence-corrected chi connectivity index (χ2v) is 5.15. The molecular weight excluding hydrogens is 208 g/mol. The molecule has 2 aromatic rings. The molecule has 88 valence electrons. The fourth-order valence-corrected chi connectivity index (χ4v) is 2.41. The zero-order valence-corrected chi connectivity index (χ0v) is 10.7. The Labute approximate surface area is 102 Å². The predicted octanol–water partition coefficient (Wildman–Crippen LogP) is 3.67. The number of pyridine rings is 1. The van der Waals surface area contributed by atoms with E-state index in [4.69, 9.17) is 4.98 Å². The van der Waals surface area contributed by atoms with Gasteiger partial charge in [0.25, 0.3) is 0 Å². The molecule has 17 heavy (non-hydrogen) atoms. The Morgan fingerprint density at radius 3 is 2.29 bits per heavy atom. The van der Waals surface area contributed by atoms with Gasteiger partial charge in [0.05, 0.1) is 0 Å². The van der Waals surface area contributed by atoms with Crippen molar-refractivity contribution in [3.8, 4) is 5.82 Å². The monoisotopic (exact) mass is 226 g/mol. The fraction of sp³-hybridized carbons (Fsp3) is 0.400. The van der Waals surface area contributed by atoms with Gasteiger partial charge in [-0.1, -0.05) is 0 Å². The van der Waals surface area contributed by atoms with Crippen molar-refractivity contribution in [1.29, 1.82) is 0 Å². The van der Waals surface area contributed by atoms with Crippen LogP contribution < -0.4 is 0 Å². The zero-order valence-electron chi connectivity index (χ0n) is 10.7. The smallest absolute Gasteiger partial charge is 0.137 e. The minimum atomic E-state index is 0.713. The fourth-order valence-electron chi connectivity index (χ4n) is 2.41. The summed E-state index contributed by atoms with van der Waals surface area (Å²) in [5.41, 5.74) is 5.08. The van der Waals surface area contributed by atoms with Crippen LogP contribution in [0.4, 0.5) is 0 Å². The van der Waals surface area contributed by atoms with Crippen molar-refractivity contribution in [2.75, 3.05) is 0 Å². The van der Waals surface area contributed by atoms with E-state index in [-0.39, 0.29) is 0 Å². The molecule has 0 aliphatic heterocycles. The SMILES string of the molecule is Cc1cc(C2CC2)nc(-n2c(C)ccc2C)c1. The van der Waals surface area contributed by atoms with Crippen molar-refractivity contribution in [2.24, 2.45) is 0 Å². The lowest BCUT2D eigenvalue weighted by Crippen LogP contribution is -2.04. The van der Waals surface area contributed by atoms with Gasteiger partial charge in [0.1, 0.15) is 5.82 Å². The third-order valence-corrected chi connectivity index (χ3v) is 3.47. The molecule has 1 saturated carbocycles. The first kappa shape index (κ1) is 10.6. The van der Waals surface area contributed by atoms with Crippen LogP contribution >= 0.6 is 0 Å². The van der Waals surface area contributed by atoms with E-state index in [2.05, 4.69) is 49.6 Å². The molecule has 1 aliphatic rings. The van der Waals surface area contributed by atoms with Crippen LogP contribution in [0.1, 0.15) is 41.4 Å². The molecule has 0 bridgehead atoms. The third kappa shape index (κ3) is 1.88. The second-order valence-electron chi connectivity index (χ2n) is 5.15. The average Bonchev–Trinajstić information content (AvgIpc) is 3.05. The first-order chi connectivity index (χ1) is 8.15. The highest BCUT2D eigenvalue weighted by Crippen LogP contribution is 2.39. The summed E-state index contributed by atoms with van der Waals surface area (Å²) in [6, 6.07) is 8.70. The molecule has 0 amide bonds. The standard InChI is InChI=1S/C15H18N2/c1-10-8-14(13-6-7-13)16-15(9-10)17-11(2)4-5-12(17)3/h4-5,8-9,13H,6-7H2,1-3H3. The van der Waals surface area contributed by atoms with Gasteiger partial charge in [-0.05, 0) is 63.4 Å². The van der Waals surface area contributed by atoms with Crippen molar-refractivity contribution in [3.05, 3.63) is 46.9 Å². The lowest BCUT2D eigenvalue weighted by molar-refractivity contribution is 0.888. The molecule has 0 unspecified atom stereocenters. The summed E-state index contributed by atoms with van der Waals surface area (Å²) in [5, 5.41) is 0. The van der Waals surface area contributed by atoms with Gasteiger partial charge >= 0.3 is 0 Å². The Balaban J connectivity index is 2.14. The van der Waals surface area contributed by atoms with Gasteiger partial charge < -0.3 is 4.57 Å². The number of aromatic nitrogens is 2. The summed E-state index contributed by atoms with van der Waals surface area (Å²) < 4.78 is 2.24. The molecule has 0 radical (unpaired) electrons. The molecule has 1 fully saturated rings. The van der Waals surface area contributed by atoms with Crippen LogP contribution in [0.15, 0.2) is 24.3 Å². The average molecular weight is 226 g/mol. The summed E-state index contributed by atoms with van der Waals surface area (Å²) in [5.74, 6) is 1.79. The van der Waals surface area contributed by atoms with Gasteiger partial charge in [0, 0.05) is 23.0 Å². The maximum Gasteiger partial charge on any atom is 0.137 e. The van der Waals surface area contributed by atoms with E-state index in [1.165, 1.54) is 35.5 Å². The number of rotatable bonds is 2. The molecular formula is C15H18N2. The molecule has 2 heterocycles. The minimum absolute atomic E-state index is 0.713. The molecule has 0 saturated heterocycles. The highest BCUT2D eigenvalue weighted by Gasteiger charge is 2.25. The number of nitrogens with zero attached hydrogens (tertiary/aromatic N) is 2. The van der Waals surface area contributed by atoms with E-state index < -0.39 is 0 Å². The van der Waals surface area contributed by atoms with Crippen molar-refractivity contribution in [1.82, 2.24) is 9.55 Å². The van der Waals surface area contributed by atoms with Crippen LogP contribution in [0.5, 0.6) is 0 Å². The van der Waals surface area contributed by atoms with Gasteiger partial charge in [0.15, 0.2) is 0 Å². The van der Waals surface area contributed by atoms with Crippen molar-refractivity contribution >= 4 is 0 Å². The molecule has 2 aromatic heterocycles. The third-order valence-electron chi connectivity index (χ3n) is 3.47. The van der Waals surface area contributed by atoms with Gasteiger partial charge in [-0.15, -0.1) is 0 Å². The van der Waals surface area contributed by atoms with Crippen LogP contribution in [0.25, 0.3) is 5.82 Å². The Morgan fingerprint density at radius 1 is 1.06 bits per heavy atom. The van der Waals surface area contributed by atoms with E-state index in [0.717, 1.165) is 5.82 Å². The van der Waals surface area contributed by atoms with E-state index in [0.29, 0.717) is 5.92 Å². The van der Waals surface area contributed by atoms with Crippen molar-refractivity contribution < 1.29 is 0 Å². The van der Waals surface area contributed by atoms with Gasteiger partial charge in [0.2, 0.25) is 0 Å². The van der Waals surface area contributed by atoms with Crippen LogP contribution in [-0.4, -0.2) is 9.55 Å². The molecule has 0 N–H and O–H groups in total. The Hall–Kier alpha value is -1.57. The lowest BCUT2D eigenvalue weighted by atomic mass is 10.2. The summed E-state index contributed by atoms with van der Waals surface area (Å²) in [7, 11) is 0. The van der Waals surface area contributed by atoms with Crippen LogP contribution in [-0.2, 0) is 0 Å². The number of hydrogen-bond donors (Lipinski definition) is 0. The summed E-state index contributed by atoms with van der Waals surface area (Å²) in [6.45, 7) is 6.42. The molecule has 0 spiro atoms. The second kappa shape index (κ2) is 3.73. The van der Waals surface area contributed by atoms with Crippen molar-refractivity contribution in [2.45, 2.75) is 39.5 Å². The van der Waals surface area contributed by atoms with Crippen LogP contribution in [0.3, 0.4) is 0 Å². The van der Waals surface area contributed by atoms with Gasteiger partial charge in [-0.25, -0.2) is 4.98 Å². The molecule has 0 atom stereocenters. The Morgan fingerprint density at radius 2 is 1.71 bits per heavy atom. The Bertz CT molecular complexity index is 543. The highest BCUT2D eigenvalue weighted by atomic mass is 15.1. The van der Waals surface area contributed by atoms with Crippen LogP contribution in [0, 0.1) is 20.8 Å². The van der Waals surface area contributed by atoms with E-state index >= 15 is 0 Å². The first-order valence-corrected chi connectivity index (χ1v) is 6.29. The number of hydrogen-bond acceptors (Lipinski definition) is 1. The molecule has 1 aliphatic carbocycles. The highest BCUT2D eigenvalue weighted by molar-refractivity contribution is 5.37. The summed E-state index contributed by atoms with van der Waals surface area (Å²) in [4.78, 5) is 4.82. The minimum Gasteiger partial charge on any atom is -0.303 e. The van der Waals surface area contributed by atoms with Gasteiger partial charge in [-0.3, -0.25) is 0 Å². The van der Waals surface area contributed by atoms with E-state index in [9.17, 15) is 0 Å². The van der Waals surface area contributed by atoms with E-state index in [1.54, 1.807) is 0 Å². The van der Waals surface area contributed by atoms with E-state index in [1.807, 2.05) is 0 Å². The van der Waals surface area contributed by atoms with Crippen LogP contribution in [0.2, 0.25) is 0 Å². The molecule has 2 nitrogen and oxygen atoms in total. The molecule has 0 aromatic carbocycles. The zero-order chi connectivity index (χ0) is 12.0. The van der Waals surface area contributed by atoms with Gasteiger partial charge in [-0.2, -0.15) is 0 Å². The number of aryl methyl sites for hydroxylation is 3. The maximum absolute atomic E-state index is 4.82. The topological polar surface area (TPSA) is 17.8 Å². The van der Waals surface area contributed by atoms with Crippen molar-refractivity contribution in [3.63, 3.8) is 0 Å². The Kier molecular flexibility index (Phi) is 2.32.